The molecule has 2 aromatic rings. The molecule has 1 heterocycles. The van der Waals surface area contributed by atoms with Crippen LogP contribution in [0.3, 0.4) is 0 Å². The lowest BCUT2D eigenvalue weighted by atomic mass is 10.0. The third-order valence-electron chi connectivity index (χ3n) is 2.15. The minimum Gasteiger partial charge on any atom is -0.481 e. The van der Waals surface area contributed by atoms with E-state index in [2.05, 4.69) is 4.98 Å². The lowest BCUT2D eigenvalue weighted by Crippen LogP contribution is -2.01. The van der Waals surface area contributed by atoms with E-state index in [9.17, 15) is 9.18 Å². The number of rotatable bonds is 2. The number of halogens is 1. The Morgan fingerprint density at radius 3 is 3.00 bits per heavy atom. The second-order valence-electron chi connectivity index (χ2n) is 3.23. The highest BCUT2D eigenvalue weighted by atomic mass is 19.1. The van der Waals surface area contributed by atoms with Gasteiger partial charge < -0.3 is 5.11 Å². The Bertz CT molecular complexity index is 525. The van der Waals surface area contributed by atoms with E-state index in [0.717, 1.165) is 5.39 Å². The standard InChI is InChI=1S/C11H8FNO2/c12-9-3-7(5-11(14)15)10-1-2-13-6-8(10)4-9/h1-4,6H,5H2,(H,14,15). The van der Waals surface area contributed by atoms with Gasteiger partial charge in [-0.25, -0.2) is 4.39 Å². The van der Waals surface area contributed by atoms with Crippen molar-refractivity contribution in [1.82, 2.24) is 4.98 Å². The number of carboxylic acids is 1. The molecule has 1 N–H and O–H groups in total. The Balaban J connectivity index is 2.65. The number of carbonyl (C=O) groups is 1. The summed E-state index contributed by atoms with van der Waals surface area (Å²) in [5, 5.41) is 10.0. The van der Waals surface area contributed by atoms with Crippen LogP contribution in [0.4, 0.5) is 4.39 Å². The number of pyridine rings is 1. The summed E-state index contributed by atoms with van der Waals surface area (Å²) in [6, 6.07) is 4.27. The monoisotopic (exact) mass is 205 g/mol. The molecular weight excluding hydrogens is 197 g/mol. The van der Waals surface area contributed by atoms with Gasteiger partial charge in [0.2, 0.25) is 0 Å². The van der Waals surface area contributed by atoms with Crippen molar-refractivity contribution in [3.05, 3.63) is 42.0 Å². The molecule has 1 aromatic carbocycles. The highest BCUT2D eigenvalue weighted by molar-refractivity contribution is 5.88. The van der Waals surface area contributed by atoms with Crippen LogP contribution in [0.2, 0.25) is 0 Å². The predicted molar refractivity (Wildman–Crippen MR) is 53.0 cm³/mol. The normalized spacial score (nSPS) is 10.5. The van der Waals surface area contributed by atoms with Crippen molar-refractivity contribution in [1.29, 1.82) is 0 Å². The molecule has 0 aliphatic carbocycles. The molecule has 0 fully saturated rings. The summed E-state index contributed by atoms with van der Waals surface area (Å²) in [5.41, 5.74) is 0.472. The molecule has 0 unspecified atom stereocenters. The number of carboxylic acid groups (broad SMARTS) is 1. The van der Waals surface area contributed by atoms with Gasteiger partial charge in [0.15, 0.2) is 0 Å². The average molecular weight is 205 g/mol. The topological polar surface area (TPSA) is 50.2 Å². The minimum absolute atomic E-state index is 0.182. The first-order valence-corrected chi connectivity index (χ1v) is 4.41. The fraction of sp³-hybridized carbons (Fsp3) is 0.0909. The summed E-state index contributed by atoms with van der Waals surface area (Å²) in [5.74, 6) is -1.41. The number of aromatic nitrogens is 1. The van der Waals surface area contributed by atoms with Gasteiger partial charge in [-0.3, -0.25) is 9.78 Å². The molecule has 4 heteroatoms. The molecule has 0 spiro atoms. The van der Waals surface area contributed by atoms with Crippen molar-refractivity contribution in [2.75, 3.05) is 0 Å². The molecule has 0 amide bonds. The van der Waals surface area contributed by atoms with Gasteiger partial charge in [-0.05, 0) is 29.1 Å². The molecule has 0 saturated heterocycles. The van der Waals surface area contributed by atoms with E-state index in [0.29, 0.717) is 10.9 Å². The molecule has 0 saturated carbocycles. The van der Waals surface area contributed by atoms with Crippen LogP contribution in [0.15, 0.2) is 30.6 Å². The van der Waals surface area contributed by atoms with Crippen molar-refractivity contribution < 1.29 is 14.3 Å². The zero-order valence-electron chi connectivity index (χ0n) is 7.77. The largest absolute Gasteiger partial charge is 0.481 e. The zero-order valence-corrected chi connectivity index (χ0v) is 7.77. The number of hydrogen-bond acceptors (Lipinski definition) is 2. The highest BCUT2D eigenvalue weighted by Gasteiger charge is 2.07. The lowest BCUT2D eigenvalue weighted by molar-refractivity contribution is -0.136. The van der Waals surface area contributed by atoms with Gasteiger partial charge in [0, 0.05) is 17.8 Å². The van der Waals surface area contributed by atoms with Crippen molar-refractivity contribution in [3.63, 3.8) is 0 Å². The second kappa shape index (κ2) is 3.65. The van der Waals surface area contributed by atoms with Crippen molar-refractivity contribution in [3.8, 4) is 0 Å². The molecule has 2 rings (SSSR count). The van der Waals surface area contributed by atoms with Gasteiger partial charge in [-0.2, -0.15) is 0 Å². The molecule has 76 valence electrons. The summed E-state index contributed by atoms with van der Waals surface area (Å²) >= 11 is 0. The van der Waals surface area contributed by atoms with Gasteiger partial charge in [-0.15, -0.1) is 0 Å². The lowest BCUT2D eigenvalue weighted by Gasteiger charge is -2.03. The maximum Gasteiger partial charge on any atom is 0.307 e. The molecule has 0 bridgehead atoms. The first kappa shape index (κ1) is 9.58. The SMILES string of the molecule is O=C(O)Cc1cc(F)cc2cnccc12. The van der Waals surface area contributed by atoms with E-state index in [1.54, 1.807) is 12.3 Å². The van der Waals surface area contributed by atoms with E-state index < -0.39 is 11.8 Å². The zero-order chi connectivity index (χ0) is 10.8. The quantitative estimate of drug-likeness (QED) is 0.815. The Kier molecular flexibility index (Phi) is 2.33. The van der Waals surface area contributed by atoms with Crippen LogP contribution in [0.1, 0.15) is 5.56 Å². The number of hydrogen-bond donors (Lipinski definition) is 1. The fourth-order valence-corrected chi connectivity index (χ4v) is 1.56. The third-order valence-corrected chi connectivity index (χ3v) is 2.15. The Labute approximate surface area is 85.2 Å². The van der Waals surface area contributed by atoms with Gasteiger partial charge in [0.05, 0.1) is 6.42 Å². The fourth-order valence-electron chi connectivity index (χ4n) is 1.56. The van der Waals surface area contributed by atoms with E-state index >= 15 is 0 Å². The van der Waals surface area contributed by atoms with E-state index in [1.807, 2.05) is 0 Å². The molecule has 15 heavy (non-hydrogen) atoms. The van der Waals surface area contributed by atoms with Gasteiger partial charge in [0.25, 0.3) is 0 Å². The summed E-state index contributed by atoms with van der Waals surface area (Å²) < 4.78 is 13.1. The summed E-state index contributed by atoms with van der Waals surface area (Å²) in [6.45, 7) is 0. The highest BCUT2D eigenvalue weighted by Crippen LogP contribution is 2.20. The molecular formula is C11H8FNO2. The van der Waals surface area contributed by atoms with Crippen LogP contribution >= 0.6 is 0 Å². The van der Waals surface area contributed by atoms with Crippen molar-refractivity contribution in [2.45, 2.75) is 6.42 Å². The van der Waals surface area contributed by atoms with Gasteiger partial charge in [0.1, 0.15) is 5.82 Å². The van der Waals surface area contributed by atoms with E-state index in [4.69, 9.17) is 5.11 Å². The van der Waals surface area contributed by atoms with Crippen LogP contribution in [0, 0.1) is 5.82 Å². The molecule has 0 atom stereocenters. The molecule has 0 aliphatic rings. The number of aliphatic carboxylic acids is 1. The van der Waals surface area contributed by atoms with E-state index in [-0.39, 0.29) is 6.42 Å². The Morgan fingerprint density at radius 1 is 1.47 bits per heavy atom. The van der Waals surface area contributed by atoms with Crippen LogP contribution in [-0.4, -0.2) is 16.1 Å². The number of fused-ring (bicyclic) bond motifs is 1. The Hall–Kier alpha value is -1.97. The van der Waals surface area contributed by atoms with Crippen LogP contribution < -0.4 is 0 Å². The molecule has 0 aliphatic heterocycles. The second-order valence-corrected chi connectivity index (χ2v) is 3.23. The van der Waals surface area contributed by atoms with Crippen LogP contribution in [-0.2, 0) is 11.2 Å². The maximum absolute atomic E-state index is 13.1. The maximum atomic E-state index is 13.1. The van der Waals surface area contributed by atoms with Crippen LogP contribution in [0.25, 0.3) is 10.8 Å². The molecule has 0 radical (unpaired) electrons. The Morgan fingerprint density at radius 2 is 2.27 bits per heavy atom. The molecule has 1 aromatic heterocycles. The summed E-state index contributed by atoms with van der Waals surface area (Å²) in [7, 11) is 0. The van der Waals surface area contributed by atoms with Crippen LogP contribution in [0.5, 0.6) is 0 Å². The van der Waals surface area contributed by atoms with E-state index in [1.165, 1.54) is 18.3 Å². The first-order valence-electron chi connectivity index (χ1n) is 4.41. The predicted octanol–water partition coefficient (Wildman–Crippen LogP) is 2.00. The van der Waals surface area contributed by atoms with Gasteiger partial charge >= 0.3 is 5.97 Å². The van der Waals surface area contributed by atoms with Crippen molar-refractivity contribution >= 4 is 16.7 Å². The number of nitrogens with zero attached hydrogens (tertiary/aromatic N) is 1. The van der Waals surface area contributed by atoms with Gasteiger partial charge in [-0.1, -0.05) is 0 Å². The van der Waals surface area contributed by atoms with Crippen molar-refractivity contribution in [2.24, 2.45) is 0 Å². The average Bonchev–Trinajstić information content (AvgIpc) is 2.16. The molecule has 3 nitrogen and oxygen atoms in total. The smallest absolute Gasteiger partial charge is 0.307 e. The minimum atomic E-state index is -0.973. The summed E-state index contributed by atoms with van der Waals surface area (Å²) in [6.07, 6.45) is 2.90. The summed E-state index contributed by atoms with van der Waals surface area (Å²) in [4.78, 5) is 14.4. The first-order chi connectivity index (χ1) is 7.16. The number of benzene rings is 1. The third kappa shape index (κ3) is 1.93.